The monoisotopic (exact) mass is 341 g/mol. The van der Waals surface area contributed by atoms with Gasteiger partial charge in [-0.1, -0.05) is 35.0 Å². The maximum Gasteiger partial charge on any atom is 0.221 e. The Balaban J connectivity index is 2.83. The van der Waals surface area contributed by atoms with E-state index in [1.165, 1.54) is 5.56 Å². The first-order chi connectivity index (χ1) is 9.49. The molecular formula is C15H24BrN3O. The van der Waals surface area contributed by atoms with Crippen molar-refractivity contribution in [2.24, 2.45) is 5.73 Å². The molecule has 0 radical (unpaired) electrons. The largest absolute Gasteiger partial charge is 0.359 e. The first-order valence-corrected chi connectivity index (χ1v) is 7.70. The third kappa shape index (κ3) is 4.89. The molecule has 3 N–H and O–H groups in total. The van der Waals surface area contributed by atoms with Gasteiger partial charge in [-0.05, 0) is 31.2 Å². The molecule has 0 aliphatic rings. The lowest BCUT2D eigenvalue weighted by Crippen LogP contribution is -2.40. The average Bonchev–Trinajstić information content (AvgIpc) is 2.46. The van der Waals surface area contributed by atoms with Gasteiger partial charge in [-0.15, -0.1) is 0 Å². The van der Waals surface area contributed by atoms with Gasteiger partial charge in [-0.25, -0.2) is 0 Å². The predicted octanol–water partition coefficient (Wildman–Crippen LogP) is 2.30. The first kappa shape index (κ1) is 17.1. The molecule has 0 fully saturated rings. The molecule has 1 aromatic carbocycles. The number of nitrogens with two attached hydrogens (primary N) is 1. The summed E-state index contributed by atoms with van der Waals surface area (Å²) in [6.07, 6.45) is 1.38. The Bertz CT molecular complexity index is 422. The normalized spacial score (nSPS) is 14.1. The van der Waals surface area contributed by atoms with Gasteiger partial charge in [0.05, 0.1) is 0 Å². The molecular weight excluding hydrogens is 318 g/mol. The summed E-state index contributed by atoms with van der Waals surface area (Å²) in [5.41, 5.74) is 7.46. The summed E-state index contributed by atoms with van der Waals surface area (Å²) < 4.78 is 1.05. The van der Waals surface area contributed by atoms with Crippen LogP contribution in [0.25, 0.3) is 0 Å². The first-order valence-electron chi connectivity index (χ1n) is 6.91. The van der Waals surface area contributed by atoms with Crippen LogP contribution in [0.4, 0.5) is 0 Å². The summed E-state index contributed by atoms with van der Waals surface area (Å²) in [7, 11) is 3.68. The van der Waals surface area contributed by atoms with Crippen LogP contribution in [0.3, 0.4) is 0 Å². The van der Waals surface area contributed by atoms with Crippen LogP contribution in [-0.2, 0) is 4.79 Å². The standard InChI is InChI=1S/C15H24BrN3O/c1-4-13(17)15(11-5-7-12(16)8-6-11)19(3)10-9-14(20)18-2/h5-8,13,15H,4,9-10,17H2,1-3H3,(H,18,20). The Morgan fingerprint density at radius 2 is 2.00 bits per heavy atom. The van der Waals surface area contributed by atoms with Crippen LogP contribution in [0, 0.1) is 0 Å². The number of carbonyl (C=O) groups excluding carboxylic acids is 1. The van der Waals surface area contributed by atoms with Crippen molar-refractivity contribution in [3.05, 3.63) is 34.3 Å². The van der Waals surface area contributed by atoms with Gasteiger partial charge in [0.2, 0.25) is 5.91 Å². The number of hydrogen-bond donors (Lipinski definition) is 2. The lowest BCUT2D eigenvalue weighted by atomic mass is 9.96. The number of nitrogens with one attached hydrogen (secondary N) is 1. The van der Waals surface area contributed by atoms with Gasteiger partial charge in [0.15, 0.2) is 0 Å². The van der Waals surface area contributed by atoms with Crippen LogP contribution in [-0.4, -0.2) is 37.5 Å². The Morgan fingerprint density at radius 3 is 2.50 bits per heavy atom. The molecule has 0 saturated carbocycles. The minimum atomic E-state index is 0.0471. The van der Waals surface area contributed by atoms with E-state index in [1.807, 2.05) is 19.2 Å². The Labute approximate surface area is 129 Å². The second-order valence-electron chi connectivity index (χ2n) is 4.97. The number of likely N-dealkylation sites (N-methyl/N-ethyl adjacent to an activating group) is 1. The van der Waals surface area contributed by atoms with Crippen molar-refractivity contribution < 1.29 is 4.79 Å². The van der Waals surface area contributed by atoms with Gasteiger partial charge in [0.1, 0.15) is 0 Å². The zero-order valence-electron chi connectivity index (χ0n) is 12.4. The zero-order valence-corrected chi connectivity index (χ0v) is 14.0. The highest BCUT2D eigenvalue weighted by atomic mass is 79.9. The lowest BCUT2D eigenvalue weighted by Gasteiger charge is -2.32. The van der Waals surface area contributed by atoms with Crippen LogP contribution in [0.15, 0.2) is 28.7 Å². The van der Waals surface area contributed by atoms with Crippen LogP contribution in [0.2, 0.25) is 0 Å². The molecule has 1 aromatic rings. The minimum Gasteiger partial charge on any atom is -0.359 e. The maximum absolute atomic E-state index is 11.4. The molecule has 0 aromatic heterocycles. The fourth-order valence-corrected chi connectivity index (χ4v) is 2.52. The van der Waals surface area contributed by atoms with Gasteiger partial charge in [-0.2, -0.15) is 0 Å². The summed E-state index contributed by atoms with van der Waals surface area (Å²) in [6, 6.07) is 8.39. The van der Waals surface area contributed by atoms with E-state index in [2.05, 4.69) is 45.2 Å². The molecule has 0 aliphatic carbocycles. The molecule has 5 heteroatoms. The van der Waals surface area contributed by atoms with E-state index >= 15 is 0 Å². The number of hydrogen-bond acceptors (Lipinski definition) is 3. The molecule has 2 atom stereocenters. The summed E-state index contributed by atoms with van der Waals surface area (Å²) in [5.74, 6) is 0.0523. The van der Waals surface area contributed by atoms with Crippen molar-refractivity contribution in [3.8, 4) is 0 Å². The highest BCUT2D eigenvalue weighted by Gasteiger charge is 2.23. The molecule has 4 nitrogen and oxygen atoms in total. The summed E-state index contributed by atoms with van der Waals surface area (Å²) in [5, 5.41) is 2.65. The molecule has 1 amide bonds. The SMILES string of the molecule is CCC(N)C(c1ccc(Br)cc1)N(C)CCC(=O)NC. The number of nitrogens with zero attached hydrogens (tertiary/aromatic N) is 1. The van der Waals surface area contributed by atoms with Gasteiger partial charge >= 0.3 is 0 Å². The van der Waals surface area contributed by atoms with E-state index in [1.54, 1.807) is 7.05 Å². The van der Waals surface area contributed by atoms with Crippen LogP contribution in [0.5, 0.6) is 0 Å². The van der Waals surface area contributed by atoms with E-state index in [0.717, 1.165) is 10.9 Å². The molecule has 2 unspecified atom stereocenters. The topological polar surface area (TPSA) is 58.4 Å². The fraction of sp³-hybridized carbons (Fsp3) is 0.533. The molecule has 112 valence electrons. The van der Waals surface area contributed by atoms with Crippen molar-refractivity contribution in [2.45, 2.75) is 31.8 Å². The summed E-state index contributed by atoms with van der Waals surface area (Å²) in [4.78, 5) is 13.5. The third-order valence-corrected chi connectivity index (χ3v) is 4.06. The molecule has 1 rings (SSSR count). The van der Waals surface area contributed by atoms with Crippen molar-refractivity contribution >= 4 is 21.8 Å². The van der Waals surface area contributed by atoms with E-state index < -0.39 is 0 Å². The highest BCUT2D eigenvalue weighted by molar-refractivity contribution is 9.10. The quantitative estimate of drug-likeness (QED) is 0.799. The van der Waals surface area contributed by atoms with E-state index in [0.29, 0.717) is 13.0 Å². The van der Waals surface area contributed by atoms with E-state index in [9.17, 15) is 4.79 Å². The highest BCUT2D eigenvalue weighted by Crippen LogP contribution is 2.25. The van der Waals surface area contributed by atoms with Crippen molar-refractivity contribution in [1.29, 1.82) is 0 Å². The summed E-state index contributed by atoms with van der Waals surface area (Å²) >= 11 is 3.45. The predicted molar refractivity (Wildman–Crippen MR) is 86.5 cm³/mol. The molecule has 0 heterocycles. The van der Waals surface area contributed by atoms with Gasteiger partial charge in [-0.3, -0.25) is 9.69 Å². The number of amides is 1. The van der Waals surface area contributed by atoms with Crippen LogP contribution >= 0.6 is 15.9 Å². The van der Waals surface area contributed by atoms with E-state index in [-0.39, 0.29) is 18.0 Å². The van der Waals surface area contributed by atoms with Gasteiger partial charge in [0.25, 0.3) is 0 Å². The second kappa shape index (κ2) is 8.39. The van der Waals surface area contributed by atoms with Gasteiger partial charge in [0, 0.05) is 36.6 Å². The van der Waals surface area contributed by atoms with Crippen molar-refractivity contribution in [2.75, 3.05) is 20.6 Å². The lowest BCUT2D eigenvalue weighted by molar-refractivity contribution is -0.121. The maximum atomic E-state index is 11.4. The number of halogens is 1. The number of rotatable bonds is 7. The molecule has 0 saturated heterocycles. The third-order valence-electron chi connectivity index (χ3n) is 3.53. The Kier molecular flexibility index (Phi) is 7.19. The van der Waals surface area contributed by atoms with Crippen molar-refractivity contribution in [1.82, 2.24) is 10.2 Å². The Morgan fingerprint density at radius 1 is 1.40 bits per heavy atom. The van der Waals surface area contributed by atoms with E-state index in [4.69, 9.17) is 5.73 Å². The summed E-state index contributed by atoms with van der Waals surface area (Å²) in [6.45, 7) is 2.78. The van der Waals surface area contributed by atoms with Crippen LogP contribution < -0.4 is 11.1 Å². The molecule has 20 heavy (non-hydrogen) atoms. The van der Waals surface area contributed by atoms with Crippen LogP contribution in [0.1, 0.15) is 31.4 Å². The zero-order chi connectivity index (χ0) is 15.1. The Hall–Kier alpha value is -0.910. The fourth-order valence-electron chi connectivity index (χ4n) is 2.25. The smallest absolute Gasteiger partial charge is 0.221 e. The molecule has 0 spiro atoms. The number of carbonyl (C=O) groups is 1. The van der Waals surface area contributed by atoms with Crippen molar-refractivity contribution in [3.63, 3.8) is 0 Å². The average molecular weight is 342 g/mol. The molecule has 0 bridgehead atoms. The number of benzene rings is 1. The van der Waals surface area contributed by atoms with Gasteiger partial charge < -0.3 is 11.1 Å². The second-order valence-corrected chi connectivity index (χ2v) is 5.89. The molecule has 0 aliphatic heterocycles. The minimum absolute atomic E-state index is 0.0471.